The second-order valence-electron chi connectivity index (χ2n) is 8.09. The highest BCUT2D eigenvalue weighted by atomic mass is 16.5. The smallest absolute Gasteiger partial charge is 0.276 e. The summed E-state index contributed by atoms with van der Waals surface area (Å²) in [6.07, 6.45) is 5.36. The van der Waals surface area contributed by atoms with Gasteiger partial charge in [-0.15, -0.1) is 0 Å². The Balaban J connectivity index is 1.29. The molecule has 1 aromatic carbocycles. The van der Waals surface area contributed by atoms with Crippen LogP contribution in [0.5, 0.6) is 0 Å². The van der Waals surface area contributed by atoms with Crippen molar-refractivity contribution in [2.24, 2.45) is 0 Å². The monoisotopic (exact) mass is 423 g/mol. The molecule has 9 heteroatoms. The van der Waals surface area contributed by atoms with Gasteiger partial charge in [-0.1, -0.05) is 5.16 Å². The predicted molar refractivity (Wildman–Crippen MR) is 114 cm³/mol. The van der Waals surface area contributed by atoms with E-state index in [9.17, 15) is 9.59 Å². The molecule has 0 spiro atoms. The first-order valence-electron chi connectivity index (χ1n) is 10.8. The number of benzene rings is 1. The van der Waals surface area contributed by atoms with Crippen molar-refractivity contribution in [3.05, 3.63) is 51.9 Å². The first kappa shape index (κ1) is 19.7. The molecule has 1 N–H and O–H groups in total. The zero-order valence-corrected chi connectivity index (χ0v) is 17.3. The van der Waals surface area contributed by atoms with Crippen molar-refractivity contribution < 1.29 is 14.4 Å². The molecule has 1 aliphatic carbocycles. The van der Waals surface area contributed by atoms with Gasteiger partial charge < -0.3 is 19.4 Å². The Morgan fingerprint density at radius 1 is 1.13 bits per heavy atom. The molecule has 5 rings (SSSR count). The number of carbonyl (C=O) groups is 1. The van der Waals surface area contributed by atoms with Gasteiger partial charge in [0.2, 0.25) is 0 Å². The van der Waals surface area contributed by atoms with Crippen LogP contribution in [0.4, 0.5) is 5.69 Å². The second-order valence-corrected chi connectivity index (χ2v) is 8.09. The van der Waals surface area contributed by atoms with Crippen LogP contribution in [-0.2, 0) is 19.4 Å². The van der Waals surface area contributed by atoms with Crippen LogP contribution in [0.25, 0.3) is 10.9 Å². The minimum Gasteiger partial charge on any atom is -0.395 e. The van der Waals surface area contributed by atoms with Crippen molar-refractivity contribution >= 4 is 22.5 Å². The van der Waals surface area contributed by atoms with Crippen LogP contribution in [0.2, 0.25) is 0 Å². The van der Waals surface area contributed by atoms with E-state index in [2.05, 4.69) is 15.0 Å². The largest absolute Gasteiger partial charge is 0.395 e. The number of amides is 1. The van der Waals surface area contributed by atoms with Crippen LogP contribution in [-0.4, -0.2) is 63.4 Å². The zero-order chi connectivity index (χ0) is 21.4. The van der Waals surface area contributed by atoms with Gasteiger partial charge in [0.1, 0.15) is 5.76 Å². The lowest BCUT2D eigenvalue weighted by Crippen LogP contribution is -2.49. The number of rotatable bonds is 4. The number of fused-ring (bicyclic) bond motifs is 2. The minimum absolute atomic E-state index is 0.0452. The summed E-state index contributed by atoms with van der Waals surface area (Å²) in [5.41, 5.74) is 2.93. The lowest BCUT2D eigenvalue weighted by Gasteiger charge is -2.36. The number of hydrogen-bond acceptors (Lipinski definition) is 7. The van der Waals surface area contributed by atoms with Crippen molar-refractivity contribution in [2.45, 2.75) is 32.2 Å². The second kappa shape index (κ2) is 8.14. The van der Waals surface area contributed by atoms with Gasteiger partial charge in [-0.05, 0) is 37.5 Å². The van der Waals surface area contributed by atoms with Crippen molar-refractivity contribution in [3.8, 4) is 0 Å². The maximum Gasteiger partial charge on any atom is 0.276 e. The van der Waals surface area contributed by atoms with Crippen molar-refractivity contribution in [1.82, 2.24) is 19.6 Å². The highest BCUT2D eigenvalue weighted by molar-refractivity contribution is 5.94. The van der Waals surface area contributed by atoms with Gasteiger partial charge >= 0.3 is 0 Å². The van der Waals surface area contributed by atoms with Crippen LogP contribution >= 0.6 is 0 Å². The van der Waals surface area contributed by atoms with Gasteiger partial charge in [-0.3, -0.25) is 14.2 Å². The lowest BCUT2D eigenvalue weighted by molar-refractivity contribution is 0.0735. The van der Waals surface area contributed by atoms with Crippen molar-refractivity contribution in [1.29, 1.82) is 0 Å². The Labute approximate surface area is 178 Å². The molecule has 3 aromatic rings. The van der Waals surface area contributed by atoms with Crippen LogP contribution in [0.15, 0.2) is 33.8 Å². The molecule has 9 nitrogen and oxygen atoms in total. The third kappa shape index (κ3) is 3.59. The van der Waals surface area contributed by atoms with E-state index in [0.29, 0.717) is 42.8 Å². The van der Waals surface area contributed by atoms with E-state index in [-0.39, 0.29) is 24.6 Å². The molecule has 0 radical (unpaired) electrons. The maximum atomic E-state index is 13.0. The average molecular weight is 423 g/mol. The Morgan fingerprint density at radius 2 is 1.94 bits per heavy atom. The van der Waals surface area contributed by atoms with Crippen LogP contribution in [0, 0.1) is 0 Å². The number of hydrogen-bond donors (Lipinski definition) is 1. The molecule has 0 unspecified atom stereocenters. The fraction of sp³-hybridized carbons (Fsp3) is 0.455. The summed E-state index contributed by atoms with van der Waals surface area (Å²) in [7, 11) is 0. The van der Waals surface area contributed by atoms with Crippen LogP contribution < -0.4 is 10.5 Å². The molecule has 0 atom stereocenters. The standard InChI is InChI=1S/C22H25N5O4/c28-12-11-27-14-23-18-13-15(5-6-16(18)21(27)29)25-7-9-26(10-8-25)22(30)20-17-3-1-2-4-19(17)31-24-20/h5-6,13-14,28H,1-4,7-12H2. The van der Waals surface area contributed by atoms with Crippen LogP contribution in [0.3, 0.4) is 0 Å². The number of aliphatic hydroxyl groups excluding tert-OH is 1. The predicted octanol–water partition coefficient (Wildman–Crippen LogP) is 1.22. The number of anilines is 1. The summed E-state index contributed by atoms with van der Waals surface area (Å²) < 4.78 is 6.82. The number of aliphatic hydroxyl groups is 1. The molecule has 1 fully saturated rings. The SMILES string of the molecule is O=C(c1noc2c1CCCC2)N1CCN(c2ccc3c(=O)n(CCO)cnc3c2)CC1. The molecule has 2 aliphatic rings. The van der Waals surface area contributed by atoms with E-state index in [1.807, 2.05) is 17.0 Å². The number of nitrogens with zero attached hydrogens (tertiary/aromatic N) is 5. The zero-order valence-electron chi connectivity index (χ0n) is 17.3. The Bertz CT molecular complexity index is 1180. The number of carbonyl (C=O) groups excluding carboxylic acids is 1. The first-order chi connectivity index (χ1) is 15.2. The van der Waals surface area contributed by atoms with E-state index in [4.69, 9.17) is 9.63 Å². The Hall–Kier alpha value is -3.20. The summed E-state index contributed by atoms with van der Waals surface area (Å²) in [6.45, 7) is 2.71. The van der Waals surface area contributed by atoms with E-state index in [0.717, 1.165) is 42.7 Å². The highest BCUT2D eigenvalue weighted by Gasteiger charge is 2.29. The summed E-state index contributed by atoms with van der Waals surface area (Å²) in [5.74, 6) is 0.825. The lowest BCUT2D eigenvalue weighted by atomic mass is 9.96. The molecule has 0 saturated carbocycles. The molecule has 31 heavy (non-hydrogen) atoms. The van der Waals surface area contributed by atoms with E-state index >= 15 is 0 Å². The summed E-state index contributed by atoms with van der Waals surface area (Å²) in [4.78, 5) is 33.9. The topological polar surface area (TPSA) is 105 Å². The fourth-order valence-electron chi connectivity index (χ4n) is 4.48. The number of aromatic nitrogens is 3. The Kier molecular flexibility index (Phi) is 5.19. The molecule has 1 amide bonds. The third-order valence-corrected chi connectivity index (χ3v) is 6.23. The average Bonchev–Trinajstić information content (AvgIpc) is 3.25. The summed E-state index contributed by atoms with van der Waals surface area (Å²) >= 11 is 0. The van der Waals surface area contributed by atoms with Gasteiger partial charge in [-0.25, -0.2) is 4.98 Å². The van der Waals surface area contributed by atoms with E-state index in [1.54, 1.807) is 6.07 Å². The van der Waals surface area contributed by atoms with Gasteiger partial charge in [0.15, 0.2) is 5.69 Å². The van der Waals surface area contributed by atoms with Gasteiger partial charge in [0.05, 0.1) is 30.4 Å². The highest BCUT2D eigenvalue weighted by Crippen LogP contribution is 2.26. The minimum atomic E-state index is -0.156. The molecular weight excluding hydrogens is 398 g/mol. The molecule has 0 bridgehead atoms. The molecule has 162 valence electrons. The van der Waals surface area contributed by atoms with Crippen LogP contribution in [0.1, 0.15) is 34.7 Å². The fourth-order valence-corrected chi connectivity index (χ4v) is 4.48. The molecule has 1 saturated heterocycles. The maximum absolute atomic E-state index is 13.0. The summed E-state index contributed by atoms with van der Waals surface area (Å²) in [5, 5.41) is 13.7. The van der Waals surface area contributed by atoms with E-state index in [1.165, 1.54) is 10.9 Å². The first-order valence-corrected chi connectivity index (χ1v) is 10.8. The number of aryl methyl sites for hydroxylation is 1. The number of piperazine rings is 1. The van der Waals surface area contributed by atoms with Gasteiger partial charge in [0, 0.05) is 43.9 Å². The molecular formula is C22H25N5O4. The molecule has 1 aliphatic heterocycles. The summed E-state index contributed by atoms with van der Waals surface area (Å²) in [6, 6.07) is 5.61. The molecule has 2 aromatic heterocycles. The quantitative estimate of drug-likeness (QED) is 0.673. The van der Waals surface area contributed by atoms with Gasteiger partial charge in [0.25, 0.3) is 11.5 Å². The van der Waals surface area contributed by atoms with Crippen molar-refractivity contribution in [2.75, 3.05) is 37.7 Å². The van der Waals surface area contributed by atoms with Crippen molar-refractivity contribution in [3.63, 3.8) is 0 Å². The van der Waals surface area contributed by atoms with Gasteiger partial charge in [-0.2, -0.15) is 0 Å². The normalized spacial score (nSPS) is 16.5. The Morgan fingerprint density at radius 3 is 2.74 bits per heavy atom. The van der Waals surface area contributed by atoms with E-state index < -0.39 is 0 Å². The third-order valence-electron chi connectivity index (χ3n) is 6.23. The molecule has 3 heterocycles.